The van der Waals surface area contributed by atoms with Gasteiger partial charge in [0.1, 0.15) is 0 Å². The molecule has 0 bridgehead atoms. The zero-order valence-corrected chi connectivity index (χ0v) is 10.3. The van der Waals surface area contributed by atoms with Gasteiger partial charge in [0.25, 0.3) is 0 Å². The van der Waals surface area contributed by atoms with Gasteiger partial charge in [0, 0.05) is 25.4 Å². The Morgan fingerprint density at radius 3 is 3.06 bits per heavy atom. The summed E-state index contributed by atoms with van der Waals surface area (Å²) in [5.74, 6) is 1.86. The number of anilines is 1. The zero-order chi connectivity index (χ0) is 11.5. The first-order valence-corrected chi connectivity index (χ1v) is 5.90. The lowest BCUT2D eigenvalue weighted by atomic mass is 9.99. The first-order chi connectivity index (χ1) is 7.70. The van der Waals surface area contributed by atoms with Gasteiger partial charge in [-0.3, -0.25) is 0 Å². The van der Waals surface area contributed by atoms with Crippen LogP contribution in [0.2, 0.25) is 0 Å². The average Bonchev–Trinajstić information content (AvgIpc) is 2.33. The molecule has 1 aliphatic heterocycles. The number of nitrogens with zero attached hydrogens (tertiary/aromatic N) is 3. The van der Waals surface area contributed by atoms with Crippen molar-refractivity contribution in [3.05, 3.63) is 12.3 Å². The molecular weight excluding hydrogens is 226 g/mol. The number of halogens is 1. The van der Waals surface area contributed by atoms with E-state index in [0.29, 0.717) is 17.7 Å². The molecule has 1 saturated heterocycles. The Balaban J connectivity index is 2.12. The normalized spacial score (nSPS) is 25.6. The number of hydrogen-bond acceptors (Lipinski definition) is 4. The van der Waals surface area contributed by atoms with Gasteiger partial charge in [-0.1, -0.05) is 6.92 Å². The molecule has 16 heavy (non-hydrogen) atoms. The highest BCUT2D eigenvalue weighted by Crippen LogP contribution is 2.24. The third-order valence-electron chi connectivity index (χ3n) is 2.98. The highest BCUT2D eigenvalue weighted by Gasteiger charge is 2.25. The zero-order valence-electron chi connectivity index (χ0n) is 9.56. The first-order valence-electron chi connectivity index (χ1n) is 5.46. The number of hydrogen-bond donors (Lipinski definition) is 0. The van der Waals surface area contributed by atoms with Gasteiger partial charge in [-0.2, -0.15) is 4.98 Å². The average molecular weight is 242 g/mol. The predicted molar refractivity (Wildman–Crippen MR) is 64.2 cm³/mol. The fourth-order valence-corrected chi connectivity index (χ4v) is 2.09. The van der Waals surface area contributed by atoms with E-state index in [0.717, 1.165) is 19.5 Å². The van der Waals surface area contributed by atoms with Gasteiger partial charge in [-0.15, -0.1) is 11.6 Å². The summed E-state index contributed by atoms with van der Waals surface area (Å²) in [7, 11) is 1.61. The number of alkyl halides is 1. The van der Waals surface area contributed by atoms with E-state index in [1.807, 2.05) is 0 Å². The van der Waals surface area contributed by atoms with Crippen LogP contribution in [0.25, 0.3) is 0 Å². The highest BCUT2D eigenvalue weighted by molar-refractivity contribution is 6.21. The number of rotatable bonds is 2. The van der Waals surface area contributed by atoms with Crippen molar-refractivity contribution in [2.75, 3.05) is 25.1 Å². The molecule has 0 spiro atoms. The molecule has 0 aromatic carbocycles. The van der Waals surface area contributed by atoms with E-state index in [-0.39, 0.29) is 5.38 Å². The molecule has 0 amide bonds. The molecule has 1 fully saturated rings. The quantitative estimate of drug-likeness (QED) is 0.742. The first kappa shape index (κ1) is 11.5. The molecule has 88 valence electrons. The van der Waals surface area contributed by atoms with Gasteiger partial charge in [0.05, 0.1) is 12.5 Å². The van der Waals surface area contributed by atoms with Gasteiger partial charge in [-0.05, 0) is 12.3 Å². The lowest BCUT2D eigenvalue weighted by molar-refractivity contribution is 0.394. The lowest BCUT2D eigenvalue weighted by Gasteiger charge is -2.33. The minimum atomic E-state index is 0.170. The van der Waals surface area contributed by atoms with Gasteiger partial charge >= 0.3 is 0 Å². The van der Waals surface area contributed by atoms with Crippen molar-refractivity contribution in [1.29, 1.82) is 0 Å². The molecule has 4 nitrogen and oxygen atoms in total. The summed E-state index contributed by atoms with van der Waals surface area (Å²) in [6, 6.07) is 1.74. The van der Waals surface area contributed by atoms with Crippen molar-refractivity contribution in [3.8, 4) is 5.88 Å². The van der Waals surface area contributed by atoms with Crippen LogP contribution in [0.3, 0.4) is 0 Å². The Morgan fingerprint density at radius 2 is 2.38 bits per heavy atom. The van der Waals surface area contributed by atoms with Crippen molar-refractivity contribution >= 4 is 17.5 Å². The van der Waals surface area contributed by atoms with Gasteiger partial charge < -0.3 is 9.64 Å². The van der Waals surface area contributed by atoms with Crippen LogP contribution in [0.4, 0.5) is 5.95 Å². The fraction of sp³-hybridized carbons (Fsp3) is 0.636. The highest BCUT2D eigenvalue weighted by atomic mass is 35.5. The van der Waals surface area contributed by atoms with Crippen molar-refractivity contribution < 1.29 is 4.74 Å². The molecule has 1 aromatic heterocycles. The van der Waals surface area contributed by atoms with E-state index in [1.165, 1.54) is 0 Å². The number of piperidine rings is 1. The van der Waals surface area contributed by atoms with Crippen LogP contribution in [-0.4, -0.2) is 35.5 Å². The maximum absolute atomic E-state index is 6.26. The van der Waals surface area contributed by atoms with Crippen molar-refractivity contribution in [2.45, 2.75) is 18.7 Å². The van der Waals surface area contributed by atoms with E-state index >= 15 is 0 Å². The monoisotopic (exact) mass is 241 g/mol. The van der Waals surface area contributed by atoms with E-state index < -0.39 is 0 Å². The molecule has 0 saturated carbocycles. The Labute approximate surface area is 101 Å². The molecule has 2 heterocycles. The summed E-state index contributed by atoms with van der Waals surface area (Å²) in [5.41, 5.74) is 0. The van der Waals surface area contributed by atoms with Crippen LogP contribution in [0.1, 0.15) is 13.3 Å². The molecule has 2 rings (SSSR count). The summed E-state index contributed by atoms with van der Waals surface area (Å²) in [6.45, 7) is 3.94. The van der Waals surface area contributed by atoms with Crippen molar-refractivity contribution in [3.63, 3.8) is 0 Å². The molecule has 2 atom stereocenters. The second-order valence-electron chi connectivity index (χ2n) is 4.13. The maximum Gasteiger partial charge on any atom is 0.228 e. The predicted octanol–water partition coefficient (Wildman–Crippen LogP) is 1.94. The van der Waals surface area contributed by atoms with Crippen molar-refractivity contribution in [1.82, 2.24) is 9.97 Å². The van der Waals surface area contributed by atoms with E-state index in [2.05, 4.69) is 21.8 Å². The summed E-state index contributed by atoms with van der Waals surface area (Å²) in [5, 5.41) is 0.170. The Kier molecular flexibility index (Phi) is 3.49. The Hall–Kier alpha value is -1.03. The second kappa shape index (κ2) is 4.87. The standard InChI is InChI=1S/C11H16ClN3O/c1-8-4-6-15(7-9(8)12)11-13-5-3-10(14-11)16-2/h3,5,8-9H,4,6-7H2,1-2H3. The Bertz CT molecular complexity index is 361. The fourth-order valence-electron chi connectivity index (χ4n) is 1.80. The second-order valence-corrected chi connectivity index (χ2v) is 4.69. The number of ether oxygens (including phenoxy) is 1. The molecule has 0 aliphatic carbocycles. The number of aromatic nitrogens is 2. The lowest BCUT2D eigenvalue weighted by Crippen LogP contribution is -2.41. The van der Waals surface area contributed by atoms with Crippen LogP contribution in [-0.2, 0) is 0 Å². The molecule has 5 heteroatoms. The minimum Gasteiger partial charge on any atom is -0.481 e. The van der Waals surface area contributed by atoms with Crippen LogP contribution >= 0.6 is 11.6 Å². The molecular formula is C11H16ClN3O. The third-order valence-corrected chi connectivity index (χ3v) is 3.54. The molecule has 0 N–H and O–H groups in total. The maximum atomic E-state index is 6.26. The summed E-state index contributed by atoms with van der Waals surface area (Å²) in [6.07, 6.45) is 2.79. The SMILES string of the molecule is COc1ccnc(N2CCC(C)C(Cl)C2)n1. The van der Waals surface area contributed by atoms with Gasteiger partial charge in [0.15, 0.2) is 0 Å². The van der Waals surface area contributed by atoms with E-state index in [4.69, 9.17) is 16.3 Å². The van der Waals surface area contributed by atoms with E-state index in [1.54, 1.807) is 19.4 Å². The summed E-state index contributed by atoms with van der Waals surface area (Å²) in [4.78, 5) is 10.7. The number of methoxy groups -OCH3 is 1. The molecule has 2 unspecified atom stereocenters. The molecule has 1 aromatic rings. The summed E-state index contributed by atoms with van der Waals surface area (Å²) >= 11 is 6.26. The largest absolute Gasteiger partial charge is 0.481 e. The smallest absolute Gasteiger partial charge is 0.228 e. The van der Waals surface area contributed by atoms with Gasteiger partial charge in [0.2, 0.25) is 11.8 Å². The summed E-state index contributed by atoms with van der Waals surface area (Å²) < 4.78 is 5.08. The molecule has 1 aliphatic rings. The van der Waals surface area contributed by atoms with Crippen molar-refractivity contribution in [2.24, 2.45) is 5.92 Å². The topological polar surface area (TPSA) is 38.2 Å². The van der Waals surface area contributed by atoms with Gasteiger partial charge in [-0.25, -0.2) is 4.98 Å². The Morgan fingerprint density at radius 1 is 1.56 bits per heavy atom. The van der Waals surface area contributed by atoms with Crippen LogP contribution in [0.15, 0.2) is 12.3 Å². The molecule has 0 radical (unpaired) electrons. The van der Waals surface area contributed by atoms with Crippen LogP contribution < -0.4 is 9.64 Å². The third kappa shape index (κ3) is 2.38. The van der Waals surface area contributed by atoms with Crippen LogP contribution in [0.5, 0.6) is 5.88 Å². The minimum absolute atomic E-state index is 0.170. The van der Waals surface area contributed by atoms with Crippen LogP contribution in [0, 0.1) is 5.92 Å². The van der Waals surface area contributed by atoms with E-state index in [9.17, 15) is 0 Å².